The van der Waals surface area contributed by atoms with Gasteiger partial charge in [0, 0.05) is 24.1 Å². The lowest BCUT2D eigenvalue weighted by Crippen LogP contribution is -2.39. The van der Waals surface area contributed by atoms with Crippen LogP contribution in [0.15, 0.2) is 24.3 Å². The highest BCUT2D eigenvalue weighted by molar-refractivity contribution is 5.39. The third kappa shape index (κ3) is 3.78. The highest BCUT2D eigenvalue weighted by Crippen LogP contribution is 2.32. The Balaban J connectivity index is 1.34. The molecule has 2 aliphatic heterocycles. The normalized spacial score (nSPS) is 25.6. The number of hydrogen-bond donors (Lipinski definition) is 1. The molecular weight excluding hydrogens is 260 g/mol. The zero-order valence-electron chi connectivity index (χ0n) is 13.2. The minimum Gasteiger partial charge on any atom is -0.493 e. The van der Waals surface area contributed by atoms with Gasteiger partial charge in [0.1, 0.15) is 5.75 Å². The average molecular weight is 288 g/mol. The van der Waals surface area contributed by atoms with Gasteiger partial charge in [-0.05, 0) is 51.9 Å². The second kappa shape index (κ2) is 7.28. The van der Waals surface area contributed by atoms with E-state index in [9.17, 15) is 0 Å². The van der Waals surface area contributed by atoms with Gasteiger partial charge in [-0.25, -0.2) is 0 Å². The summed E-state index contributed by atoms with van der Waals surface area (Å²) in [6.07, 6.45) is 5.42. The van der Waals surface area contributed by atoms with Crippen molar-refractivity contribution < 1.29 is 4.74 Å². The Morgan fingerprint density at radius 3 is 3.10 bits per heavy atom. The van der Waals surface area contributed by atoms with E-state index >= 15 is 0 Å². The van der Waals surface area contributed by atoms with Crippen LogP contribution in [0.5, 0.6) is 5.75 Å². The monoisotopic (exact) mass is 288 g/mol. The number of para-hydroxylation sites is 1. The standard InChI is InChI=1S/C18H28N2O/c1-15-7-4-5-11-20(15)12-6-10-19-13-16-14-21-18-9-3-2-8-17(16)18/h2-3,8-9,15-16,19H,4-7,10-14H2,1H3. The Labute approximate surface area is 128 Å². The lowest BCUT2D eigenvalue weighted by atomic mass is 10.0. The van der Waals surface area contributed by atoms with Gasteiger partial charge in [0.2, 0.25) is 0 Å². The molecule has 1 saturated heterocycles. The lowest BCUT2D eigenvalue weighted by molar-refractivity contribution is 0.159. The van der Waals surface area contributed by atoms with Crippen LogP contribution in [0.3, 0.4) is 0 Å². The fraction of sp³-hybridized carbons (Fsp3) is 0.667. The zero-order valence-corrected chi connectivity index (χ0v) is 13.2. The van der Waals surface area contributed by atoms with E-state index in [1.165, 1.54) is 44.3 Å². The summed E-state index contributed by atoms with van der Waals surface area (Å²) in [5, 5.41) is 3.62. The summed E-state index contributed by atoms with van der Waals surface area (Å²) < 4.78 is 5.73. The van der Waals surface area contributed by atoms with E-state index in [4.69, 9.17) is 4.74 Å². The molecular formula is C18H28N2O. The predicted molar refractivity (Wildman–Crippen MR) is 87.1 cm³/mol. The van der Waals surface area contributed by atoms with Gasteiger partial charge in [-0.2, -0.15) is 0 Å². The fourth-order valence-corrected chi connectivity index (χ4v) is 3.57. The first-order valence-corrected chi connectivity index (χ1v) is 8.51. The zero-order chi connectivity index (χ0) is 14.5. The quantitative estimate of drug-likeness (QED) is 0.814. The van der Waals surface area contributed by atoms with Crippen LogP contribution in [0.25, 0.3) is 0 Å². The fourth-order valence-electron chi connectivity index (χ4n) is 3.57. The molecule has 1 N–H and O–H groups in total. The molecule has 3 heteroatoms. The maximum Gasteiger partial charge on any atom is 0.122 e. The van der Waals surface area contributed by atoms with E-state index in [0.29, 0.717) is 5.92 Å². The molecule has 0 amide bonds. The summed E-state index contributed by atoms with van der Waals surface area (Å²) in [7, 11) is 0. The van der Waals surface area contributed by atoms with Crippen molar-refractivity contribution in [2.45, 2.75) is 44.6 Å². The smallest absolute Gasteiger partial charge is 0.122 e. The number of fused-ring (bicyclic) bond motifs is 1. The molecule has 1 fully saturated rings. The van der Waals surface area contributed by atoms with Crippen LogP contribution in [0.2, 0.25) is 0 Å². The van der Waals surface area contributed by atoms with E-state index in [2.05, 4.69) is 41.4 Å². The van der Waals surface area contributed by atoms with Gasteiger partial charge in [-0.1, -0.05) is 24.6 Å². The average Bonchev–Trinajstić information content (AvgIpc) is 2.92. The van der Waals surface area contributed by atoms with Crippen LogP contribution in [0.4, 0.5) is 0 Å². The molecule has 3 nitrogen and oxygen atoms in total. The summed E-state index contributed by atoms with van der Waals surface area (Å²) in [4.78, 5) is 2.65. The first-order chi connectivity index (χ1) is 10.3. The Kier molecular flexibility index (Phi) is 5.15. The molecule has 1 aromatic rings. The van der Waals surface area contributed by atoms with Crippen molar-refractivity contribution in [3.05, 3.63) is 29.8 Å². The van der Waals surface area contributed by atoms with Gasteiger partial charge in [-0.3, -0.25) is 0 Å². The molecule has 2 heterocycles. The lowest BCUT2D eigenvalue weighted by Gasteiger charge is -2.33. The van der Waals surface area contributed by atoms with Crippen LogP contribution in [-0.2, 0) is 0 Å². The molecule has 1 aromatic carbocycles. The number of nitrogens with one attached hydrogen (secondary N) is 1. The third-order valence-electron chi connectivity index (χ3n) is 4.93. The number of hydrogen-bond acceptors (Lipinski definition) is 3. The predicted octanol–water partition coefficient (Wildman–Crippen LogP) is 3.02. The molecule has 0 saturated carbocycles. The molecule has 116 valence electrons. The highest BCUT2D eigenvalue weighted by atomic mass is 16.5. The molecule has 0 aromatic heterocycles. The topological polar surface area (TPSA) is 24.5 Å². The number of benzene rings is 1. The van der Waals surface area contributed by atoms with Crippen molar-refractivity contribution in [1.82, 2.24) is 10.2 Å². The highest BCUT2D eigenvalue weighted by Gasteiger charge is 2.23. The summed E-state index contributed by atoms with van der Waals surface area (Å²) >= 11 is 0. The SMILES string of the molecule is CC1CCCCN1CCCNCC1COc2ccccc21. The van der Waals surface area contributed by atoms with Gasteiger partial charge in [0.15, 0.2) is 0 Å². The molecule has 2 unspecified atom stereocenters. The number of likely N-dealkylation sites (tertiary alicyclic amines) is 1. The number of ether oxygens (including phenoxy) is 1. The third-order valence-corrected chi connectivity index (χ3v) is 4.93. The van der Waals surface area contributed by atoms with Gasteiger partial charge in [0.05, 0.1) is 6.61 Å². The first kappa shape index (κ1) is 14.9. The molecule has 0 spiro atoms. The summed E-state index contributed by atoms with van der Waals surface area (Å²) in [5.41, 5.74) is 1.37. The Morgan fingerprint density at radius 1 is 1.29 bits per heavy atom. The molecule has 0 radical (unpaired) electrons. The van der Waals surface area contributed by atoms with Gasteiger partial charge in [-0.15, -0.1) is 0 Å². The van der Waals surface area contributed by atoms with Gasteiger partial charge >= 0.3 is 0 Å². The Bertz CT molecular complexity index is 449. The summed E-state index contributed by atoms with van der Waals surface area (Å²) in [6, 6.07) is 9.22. The van der Waals surface area contributed by atoms with Crippen molar-refractivity contribution in [3.8, 4) is 5.75 Å². The minimum atomic E-state index is 0.523. The van der Waals surface area contributed by atoms with E-state index in [-0.39, 0.29) is 0 Å². The van der Waals surface area contributed by atoms with E-state index in [0.717, 1.165) is 31.5 Å². The van der Waals surface area contributed by atoms with Gasteiger partial charge < -0.3 is 15.0 Å². The van der Waals surface area contributed by atoms with Crippen molar-refractivity contribution >= 4 is 0 Å². The van der Waals surface area contributed by atoms with Crippen LogP contribution in [0.1, 0.15) is 44.1 Å². The Hall–Kier alpha value is -1.06. The number of piperidine rings is 1. The van der Waals surface area contributed by atoms with Crippen molar-refractivity contribution in [2.24, 2.45) is 0 Å². The molecule has 0 aliphatic carbocycles. The van der Waals surface area contributed by atoms with Crippen molar-refractivity contribution in [3.63, 3.8) is 0 Å². The van der Waals surface area contributed by atoms with Crippen molar-refractivity contribution in [1.29, 1.82) is 0 Å². The number of nitrogens with zero attached hydrogens (tertiary/aromatic N) is 1. The second-order valence-corrected chi connectivity index (χ2v) is 6.48. The molecule has 3 rings (SSSR count). The van der Waals surface area contributed by atoms with Crippen molar-refractivity contribution in [2.75, 3.05) is 32.8 Å². The van der Waals surface area contributed by atoms with Crippen LogP contribution < -0.4 is 10.1 Å². The first-order valence-electron chi connectivity index (χ1n) is 8.51. The maximum atomic E-state index is 5.73. The van der Waals surface area contributed by atoms with Crippen LogP contribution in [0, 0.1) is 0 Å². The molecule has 0 bridgehead atoms. The molecule has 2 atom stereocenters. The second-order valence-electron chi connectivity index (χ2n) is 6.48. The van der Waals surface area contributed by atoms with E-state index in [1.807, 2.05) is 0 Å². The largest absolute Gasteiger partial charge is 0.493 e. The Morgan fingerprint density at radius 2 is 2.19 bits per heavy atom. The van der Waals surface area contributed by atoms with E-state index in [1.54, 1.807) is 0 Å². The van der Waals surface area contributed by atoms with Gasteiger partial charge in [0.25, 0.3) is 0 Å². The van der Waals surface area contributed by atoms with Crippen LogP contribution in [-0.4, -0.2) is 43.7 Å². The summed E-state index contributed by atoms with van der Waals surface area (Å²) in [5.74, 6) is 1.60. The summed E-state index contributed by atoms with van der Waals surface area (Å²) in [6.45, 7) is 7.89. The molecule has 21 heavy (non-hydrogen) atoms. The minimum absolute atomic E-state index is 0.523. The number of rotatable bonds is 6. The van der Waals surface area contributed by atoms with Crippen LogP contribution >= 0.6 is 0 Å². The maximum absolute atomic E-state index is 5.73. The molecule has 2 aliphatic rings. The van der Waals surface area contributed by atoms with E-state index < -0.39 is 0 Å².